The Morgan fingerprint density at radius 1 is 1.03 bits per heavy atom. The zero-order chi connectivity index (χ0) is 26.0. The lowest BCUT2D eigenvalue weighted by atomic mass is 10.0. The fraction of sp³-hybridized carbons (Fsp3) is 0.536. The van der Waals surface area contributed by atoms with Gasteiger partial charge in [-0.25, -0.2) is 0 Å². The molecule has 2 aromatic rings. The standard InChI is InChI=1S/C28H39NO6S/c1-4-5-6-7-8-27(34-21-22-9-16-26(33-2)17-10-22)23-11-13-24(14-12-23)29-25(15-18-28(29)30)19-20-35-36(3,31)32/h9-14,16-17,25,27H,4-8,15,18-21H2,1-3H3/t25-,27?/m1/s1. The van der Waals surface area contributed by atoms with Gasteiger partial charge in [0.15, 0.2) is 0 Å². The smallest absolute Gasteiger partial charge is 0.264 e. The lowest BCUT2D eigenvalue weighted by molar-refractivity contribution is -0.117. The molecule has 198 valence electrons. The van der Waals surface area contributed by atoms with E-state index in [4.69, 9.17) is 13.7 Å². The quantitative estimate of drug-likeness (QED) is 0.220. The molecule has 2 aromatic carbocycles. The molecule has 36 heavy (non-hydrogen) atoms. The van der Waals surface area contributed by atoms with Crippen LogP contribution in [0.25, 0.3) is 0 Å². The lowest BCUT2D eigenvalue weighted by Gasteiger charge is -2.26. The highest BCUT2D eigenvalue weighted by molar-refractivity contribution is 7.85. The lowest BCUT2D eigenvalue weighted by Crippen LogP contribution is -2.33. The highest BCUT2D eigenvalue weighted by atomic mass is 32.2. The first-order valence-electron chi connectivity index (χ1n) is 12.8. The molecular weight excluding hydrogens is 478 g/mol. The molecular formula is C28H39NO6S. The van der Waals surface area contributed by atoms with E-state index in [-0.39, 0.29) is 24.7 Å². The summed E-state index contributed by atoms with van der Waals surface area (Å²) in [6, 6.07) is 15.9. The molecule has 1 saturated heterocycles. The zero-order valence-corrected chi connectivity index (χ0v) is 22.5. The predicted molar refractivity (Wildman–Crippen MR) is 142 cm³/mol. The largest absolute Gasteiger partial charge is 0.497 e. The number of carbonyl (C=O) groups is 1. The van der Waals surface area contributed by atoms with Crippen LogP contribution in [0.2, 0.25) is 0 Å². The van der Waals surface area contributed by atoms with Gasteiger partial charge < -0.3 is 14.4 Å². The van der Waals surface area contributed by atoms with Crippen LogP contribution in [-0.4, -0.2) is 40.3 Å². The third-order valence-electron chi connectivity index (χ3n) is 6.55. The normalized spacial score (nSPS) is 16.9. The van der Waals surface area contributed by atoms with E-state index in [1.165, 1.54) is 19.3 Å². The van der Waals surface area contributed by atoms with Crippen molar-refractivity contribution in [1.29, 1.82) is 0 Å². The number of carbonyl (C=O) groups excluding carboxylic acids is 1. The van der Waals surface area contributed by atoms with E-state index in [0.717, 1.165) is 41.7 Å². The highest BCUT2D eigenvalue weighted by Gasteiger charge is 2.32. The van der Waals surface area contributed by atoms with Crippen molar-refractivity contribution in [3.05, 3.63) is 59.7 Å². The van der Waals surface area contributed by atoms with Crippen LogP contribution in [0.5, 0.6) is 5.75 Å². The van der Waals surface area contributed by atoms with Gasteiger partial charge in [0.05, 0.1) is 32.7 Å². The van der Waals surface area contributed by atoms with Crippen molar-refractivity contribution in [2.45, 2.75) is 77.0 Å². The van der Waals surface area contributed by atoms with Crippen LogP contribution >= 0.6 is 0 Å². The average Bonchev–Trinajstić information content (AvgIpc) is 3.23. The molecule has 3 rings (SSSR count). The average molecular weight is 518 g/mol. The second-order valence-corrected chi connectivity index (χ2v) is 11.0. The van der Waals surface area contributed by atoms with Gasteiger partial charge in [0.25, 0.3) is 10.1 Å². The van der Waals surface area contributed by atoms with E-state index in [0.29, 0.717) is 25.9 Å². The topological polar surface area (TPSA) is 82.1 Å². The summed E-state index contributed by atoms with van der Waals surface area (Å²) in [6.45, 7) is 2.79. The number of amides is 1. The summed E-state index contributed by atoms with van der Waals surface area (Å²) < 4.78 is 39.1. The molecule has 2 atom stereocenters. The van der Waals surface area contributed by atoms with E-state index < -0.39 is 10.1 Å². The molecule has 1 heterocycles. The van der Waals surface area contributed by atoms with Crippen molar-refractivity contribution in [3.63, 3.8) is 0 Å². The van der Waals surface area contributed by atoms with Crippen molar-refractivity contribution in [1.82, 2.24) is 0 Å². The second-order valence-electron chi connectivity index (χ2n) is 9.36. The number of anilines is 1. The van der Waals surface area contributed by atoms with Crippen molar-refractivity contribution >= 4 is 21.7 Å². The first-order valence-corrected chi connectivity index (χ1v) is 14.6. The molecule has 7 nitrogen and oxygen atoms in total. The van der Waals surface area contributed by atoms with Crippen LogP contribution in [0.15, 0.2) is 48.5 Å². The zero-order valence-electron chi connectivity index (χ0n) is 21.6. The molecule has 1 fully saturated rings. The van der Waals surface area contributed by atoms with Crippen molar-refractivity contribution in [3.8, 4) is 5.75 Å². The van der Waals surface area contributed by atoms with Crippen molar-refractivity contribution in [2.24, 2.45) is 0 Å². The summed E-state index contributed by atoms with van der Waals surface area (Å²) in [7, 11) is -1.84. The number of hydrogen-bond acceptors (Lipinski definition) is 6. The third kappa shape index (κ3) is 8.61. The summed E-state index contributed by atoms with van der Waals surface area (Å²) in [5.41, 5.74) is 3.01. The van der Waals surface area contributed by atoms with Gasteiger partial charge in [-0.05, 0) is 54.7 Å². The van der Waals surface area contributed by atoms with Crippen molar-refractivity contribution < 1.29 is 26.9 Å². The van der Waals surface area contributed by atoms with E-state index >= 15 is 0 Å². The Kier molecular flexibility index (Phi) is 10.8. The maximum atomic E-state index is 12.6. The van der Waals surface area contributed by atoms with Crippen LogP contribution in [-0.2, 0) is 30.4 Å². The minimum Gasteiger partial charge on any atom is -0.497 e. The second kappa shape index (κ2) is 13.8. The van der Waals surface area contributed by atoms with Gasteiger partial charge >= 0.3 is 0 Å². The number of nitrogens with zero attached hydrogens (tertiary/aromatic N) is 1. The van der Waals surface area contributed by atoms with Gasteiger partial charge in [-0.1, -0.05) is 56.9 Å². The molecule has 0 spiro atoms. The van der Waals surface area contributed by atoms with Gasteiger partial charge in [0.2, 0.25) is 5.91 Å². The number of ether oxygens (including phenoxy) is 2. The molecule has 0 aromatic heterocycles. The van der Waals surface area contributed by atoms with Crippen LogP contribution < -0.4 is 9.64 Å². The Labute approximate surface area is 215 Å². The van der Waals surface area contributed by atoms with Gasteiger partial charge in [0, 0.05) is 18.2 Å². The van der Waals surface area contributed by atoms with E-state index in [2.05, 4.69) is 6.92 Å². The minimum atomic E-state index is -3.49. The molecule has 1 amide bonds. The molecule has 0 N–H and O–H groups in total. The minimum absolute atomic E-state index is 0.0359. The van der Waals surface area contributed by atoms with Crippen LogP contribution in [0.4, 0.5) is 5.69 Å². The third-order valence-corrected chi connectivity index (χ3v) is 7.14. The number of unbranched alkanes of at least 4 members (excludes halogenated alkanes) is 3. The Morgan fingerprint density at radius 2 is 1.75 bits per heavy atom. The molecule has 0 bridgehead atoms. The fourth-order valence-electron chi connectivity index (χ4n) is 4.58. The van der Waals surface area contributed by atoms with Crippen molar-refractivity contribution in [2.75, 3.05) is 24.9 Å². The van der Waals surface area contributed by atoms with Gasteiger partial charge in [-0.3, -0.25) is 8.98 Å². The maximum absolute atomic E-state index is 12.6. The molecule has 1 aliphatic rings. The SMILES string of the molecule is CCCCCCC(OCc1ccc(OC)cc1)c1ccc(N2C(=O)CC[C@@H]2CCOS(C)(=O)=O)cc1. The predicted octanol–water partition coefficient (Wildman–Crippen LogP) is 5.79. The van der Waals surface area contributed by atoms with Crippen LogP contribution in [0, 0.1) is 0 Å². The Bertz CT molecular complexity index is 1050. The maximum Gasteiger partial charge on any atom is 0.264 e. The Morgan fingerprint density at radius 3 is 2.39 bits per heavy atom. The van der Waals surface area contributed by atoms with E-state index in [9.17, 15) is 13.2 Å². The summed E-state index contributed by atoms with van der Waals surface area (Å²) in [4.78, 5) is 14.4. The molecule has 1 unspecified atom stereocenters. The first kappa shape index (κ1) is 28.2. The molecule has 8 heteroatoms. The number of rotatable bonds is 15. The fourth-order valence-corrected chi connectivity index (χ4v) is 4.98. The van der Waals surface area contributed by atoms with Crippen LogP contribution in [0.3, 0.4) is 0 Å². The van der Waals surface area contributed by atoms with E-state index in [1.54, 1.807) is 12.0 Å². The molecule has 0 aliphatic carbocycles. The van der Waals surface area contributed by atoms with Crippen LogP contribution in [0.1, 0.15) is 75.5 Å². The van der Waals surface area contributed by atoms with Gasteiger partial charge in [0.1, 0.15) is 5.75 Å². The first-order chi connectivity index (χ1) is 17.3. The number of methoxy groups -OCH3 is 1. The number of hydrogen-bond donors (Lipinski definition) is 0. The Hall–Kier alpha value is -2.42. The van der Waals surface area contributed by atoms with Gasteiger partial charge in [-0.2, -0.15) is 8.42 Å². The summed E-state index contributed by atoms with van der Waals surface area (Å²) in [5.74, 6) is 0.877. The monoisotopic (exact) mass is 517 g/mol. The molecule has 1 aliphatic heterocycles. The van der Waals surface area contributed by atoms with E-state index in [1.807, 2.05) is 48.5 Å². The highest BCUT2D eigenvalue weighted by Crippen LogP contribution is 2.32. The Balaban J connectivity index is 1.67. The summed E-state index contributed by atoms with van der Waals surface area (Å²) in [5, 5.41) is 0. The summed E-state index contributed by atoms with van der Waals surface area (Å²) >= 11 is 0. The number of benzene rings is 2. The molecule has 0 radical (unpaired) electrons. The molecule has 0 saturated carbocycles. The summed E-state index contributed by atoms with van der Waals surface area (Å²) in [6.07, 6.45) is 8.24. The van der Waals surface area contributed by atoms with Gasteiger partial charge in [-0.15, -0.1) is 0 Å².